The number of unbranched alkanes of at least 4 members (excludes halogenated alkanes) is 10. The molecule has 47 heavy (non-hydrogen) atoms. The first-order valence-corrected chi connectivity index (χ1v) is 18.9. The van der Waals surface area contributed by atoms with Gasteiger partial charge in [0.2, 0.25) is 0 Å². The summed E-state index contributed by atoms with van der Waals surface area (Å²) in [6, 6.07) is 22.2. The average Bonchev–Trinajstić information content (AvgIpc) is 3.63. The molecule has 0 amide bonds. The van der Waals surface area contributed by atoms with Crippen LogP contribution in [0.25, 0.3) is 44.0 Å². The molecule has 0 bridgehead atoms. The number of hydrogen-bond acceptors (Lipinski definition) is 5. The molecule has 7 heteroatoms. The second-order valence-corrected chi connectivity index (χ2v) is 13.8. The highest BCUT2D eigenvalue weighted by Gasteiger charge is 2.20. The first-order chi connectivity index (χ1) is 23.1. The van der Waals surface area contributed by atoms with E-state index in [9.17, 15) is 0 Å². The summed E-state index contributed by atoms with van der Waals surface area (Å²) in [7, 11) is 0. The summed E-state index contributed by atoms with van der Waals surface area (Å²) >= 11 is 15.1. The molecule has 0 saturated carbocycles. The monoisotopic (exact) mass is 688 g/mol. The van der Waals surface area contributed by atoms with Crippen molar-refractivity contribution in [2.24, 2.45) is 0 Å². The molecule has 5 rings (SSSR count). The van der Waals surface area contributed by atoms with E-state index < -0.39 is 0 Å². The lowest BCUT2D eigenvalue weighted by Crippen LogP contribution is -2.00. The molecule has 0 aliphatic heterocycles. The van der Waals surface area contributed by atoms with Gasteiger partial charge in [-0.15, -0.1) is 11.3 Å². The van der Waals surface area contributed by atoms with Gasteiger partial charge in [-0.2, -0.15) is 0 Å². The fourth-order valence-electron chi connectivity index (χ4n) is 5.75. The first kappa shape index (κ1) is 35.2. The van der Waals surface area contributed by atoms with Crippen molar-refractivity contribution in [1.82, 2.24) is 9.97 Å². The Labute approximate surface area is 294 Å². The van der Waals surface area contributed by atoms with Crippen LogP contribution in [0.2, 0.25) is 10.0 Å². The lowest BCUT2D eigenvalue weighted by molar-refractivity contribution is 0.304. The largest absolute Gasteiger partial charge is 0.494 e. The third kappa shape index (κ3) is 9.72. The second kappa shape index (κ2) is 18.4. The van der Waals surface area contributed by atoms with Crippen LogP contribution >= 0.6 is 34.5 Å². The van der Waals surface area contributed by atoms with Crippen molar-refractivity contribution in [3.8, 4) is 44.5 Å². The van der Waals surface area contributed by atoms with Crippen LogP contribution in [0.5, 0.6) is 11.5 Å². The minimum atomic E-state index is 0.459. The average molecular weight is 690 g/mol. The Balaban J connectivity index is 1.41. The minimum Gasteiger partial charge on any atom is -0.494 e. The van der Waals surface area contributed by atoms with E-state index in [1.54, 1.807) is 11.3 Å². The van der Waals surface area contributed by atoms with Crippen LogP contribution in [0.1, 0.15) is 90.9 Å². The molecule has 5 aromatic rings. The zero-order valence-electron chi connectivity index (χ0n) is 27.7. The van der Waals surface area contributed by atoms with Crippen LogP contribution in [-0.2, 0) is 0 Å². The normalized spacial score (nSPS) is 11.3. The lowest BCUT2D eigenvalue weighted by atomic mass is 10.0. The summed E-state index contributed by atoms with van der Waals surface area (Å²) in [5, 5.41) is 2.97. The van der Waals surface area contributed by atoms with Crippen LogP contribution in [0.4, 0.5) is 0 Å². The van der Waals surface area contributed by atoms with E-state index in [0.717, 1.165) is 76.0 Å². The summed E-state index contributed by atoms with van der Waals surface area (Å²) < 4.78 is 12.2. The second-order valence-electron chi connectivity index (χ2n) is 12.1. The number of thiophene rings is 1. The smallest absolute Gasteiger partial charge is 0.119 e. The Morgan fingerprint density at radius 1 is 0.617 bits per heavy atom. The van der Waals surface area contributed by atoms with Crippen molar-refractivity contribution in [3.63, 3.8) is 0 Å². The SMILES string of the molecule is CCCCCCCCOc1ccc(-c2nc3cc(Cl)c(Cl)c(-c4cccs4)c3nc2-c2ccc(OCCCCCCCC)cc2)cc1. The van der Waals surface area contributed by atoms with Gasteiger partial charge in [0.05, 0.1) is 45.7 Å². The number of fused-ring (bicyclic) bond motifs is 1. The van der Waals surface area contributed by atoms with E-state index in [1.165, 1.54) is 64.2 Å². The third-order valence-corrected chi connectivity index (χ3v) is 10.1. The Hall–Kier alpha value is -3.12. The van der Waals surface area contributed by atoms with Gasteiger partial charge in [-0.3, -0.25) is 0 Å². The number of ether oxygens (including phenoxy) is 2. The molecule has 0 unspecified atom stereocenters. The van der Waals surface area contributed by atoms with Crippen molar-refractivity contribution >= 4 is 45.6 Å². The highest BCUT2D eigenvalue weighted by molar-refractivity contribution is 7.13. The van der Waals surface area contributed by atoms with Crippen molar-refractivity contribution in [2.45, 2.75) is 90.9 Å². The molecule has 0 aliphatic carbocycles. The van der Waals surface area contributed by atoms with Crippen LogP contribution in [0.3, 0.4) is 0 Å². The first-order valence-electron chi connectivity index (χ1n) is 17.3. The van der Waals surface area contributed by atoms with E-state index in [0.29, 0.717) is 15.6 Å². The summed E-state index contributed by atoms with van der Waals surface area (Å²) in [5.41, 5.74) is 5.68. The third-order valence-electron chi connectivity index (χ3n) is 8.41. The molecule has 0 spiro atoms. The minimum absolute atomic E-state index is 0.459. The predicted octanol–water partition coefficient (Wildman–Crippen LogP) is 13.5. The fraction of sp³-hybridized carbons (Fsp3) is 0.400. The zero-order chi connectivity index (χ0) is 32.8. The number of hydrogen-bond donors (Lipinski definition) is 0. The molecular weight excluding hydrogens is 643 g/mol. The van der Waals surface area contributed by atoms with Crippen LogP contribution in [-0.4, -0.2) is 23.2 Å². The molecule has 3 aromatic carbocycles. The zero-order valence-corrected chi connectivity index (χ0v) is 30.0. The van der Waals surface area contributed by atoms with Gasteiger partial charge in [0, 0.05) is 21.6 Å². The molecule has 2 heterocycles. The highest BCUT2D eigenvalue weighted by atomic mass is 35.5. The van der Waals surface area contributed by atoms with Crippen LogP contribution in [0, 0.1) is 0 Å². The number of rotatable bonds is 19. The van der Waals surface area contributed by atoms with Gasteiger partial charge < -0.3 is 9.47 Å². The van der Waals surface area contributed by atoms with E-state index in [2.05, 4.69) is 38.1 Å². The van der Waals surface area contributed by atoms with Gasteiger partial charge >= 0.3 is 0 Å². The number of nitrogens with zero attached hydrogens (tertiary/aromatic N) is 2. The molecule has 4 nitrogen and oxygen atoms in total. The van der Waals surface area contributed by atoms with Crippen molar-refractivity contribution in [3.05, 3.63) is 82.2 Å². The van der Waals surface area contributed by atoms with Crippen molar-refractivity contribution in [2.75, 3.05) is 13.2 Å². The predicted molar refractivity (Wildman–Crippen MR) is 201 cm³/mol. The van der Waals surface area contributed by atoms with Gasteiger partial charge in [-0.05, 0) is 78.9 Å². The quantitative estimate of drug-likeness (QED) is 0.0810. The standard InChI is InChI=1S/C40H46Cl2N2O2S/c1-3-5-7-9-11-13-25-45-31-21-17-29(18-22-31)38-39(30-19-23-32(24-20-30)46-26-14-12-10-8-6-4-2)44-40-34(43-38)28-33(41)37(42)36(40)35-16-15-27-47-35/h15-24,27-28H,3-14,25-26H2,1-2H3. The molecule has 0 atom stereocenters. The van der Waals surface area contributed by atoms with Gasteiger partial charge in [0.1, 0.15) is 11.5 Å². The Morgan fingerprint density at radius 2 is 1.13 bits per heavy atom. The van der Waals surface area contributed by atoms with Gasteiger partial charge in [0.15, 0.2) is 0 Å². The molecule has 2 aromatic heterocycles. The van der Waals surface area contributed by atoms with Gasteiger partial charge in [-0.1, -0.05) is 107 Å². The Morgan fingerprint density at radius 3 is 1.64 bits per heavy atom. The topological polar surface area (TPSA) is 44.2 Å². The Kier molecular flexibility index (Phi) is 13.8. The number of benzene rings is 3. The fourth-order valence-corrected chi connectivity index (χ4v) is 7.03. The summed E-state index contributed by atoms with van der Waals surface area (Å²) in [4.78, 5) is 11.4. The lowest BCUT2D eigenvalue weighted by Gasteiger charge is -2.15. The molecular formula is C40H46Cl2N2O2S. The van der Waals surface area contributed by atoms with Crippen molar-refractivity contribution in [1.29, 1.82) is 0 Å². The summed E-state index contributed by atoms with van der Waals surface area (Å²) in [6.45, 7) is 5.94. The summed E-state index contributed by atoms with van der Waals surface area (Å²) in [6.07, 6.45) is 14.9. The molecule has 248 valence electrons. The molecule has 0 aliphatic rings. The van der Waals surface area contributed by atoms with E-state index in [-0.39, 0.29) is 0 Å². The molecule has 0 saturated heterocycles. The van der Waals surface area contributed by atoms with E-state index in [1.807, 2.05) is 47.8 Å². The molecule has 0 N–H and O–H groups in total. The molecule has 0 radical (unpaired) electrons. The van der Waals surface area contributed by atoms with Crippen LogP contribution < -0.4 is 9.47 Å². The van der Waals surface area contributed by atoms with Gasteiger partial charge in [0.25, 0.3) is 0 Å². The number of aromatic nitrogens is 2. The summed E-state index contributed by atoms with van der Waals surface area (Å²) in [5.74, 6) is 1.72. The maximum absolute atomic E-state index is 6.81. The highest BCUT2D eigenvalue weighted by Crippen LogP contribution is 2.43. The number of halogens is 2. The maximum atomic E-state index is 6.81. The van der Waals surface area contributed by atoms with Crippen molar-refractivity contribution < 1.29 is 9.47 Å². The van der Waals surface area contributed by atoms with Crippen LogP contribution in [0.15, 0.2) is 72.1 Å². The maximum Gasteiger partial charge on any atom is 0.119 e. The molecule has 0 fully saturated rings. The van der Waals surface area contributed by atoms with E-state index >= 15 is 0 Å². The van der Waals surface area contributed by atoms with Gasteiger partial charge in [-0.25, -0.2) is 9.97 Å². The van der Waals surface area contributed by atoms with E-state index in [4.69, 9.17) is 42.6 Å². The Bertz CT molecular complexity index is 1670.